The predicted molar refractivity (Wildman–Crippen MR) is 65.5 cm³/mol. The van der Waals surface area contributed by atoms with Gasteiger partial charge in [-0.25, -0.2) is 4.98 Å². The highest BCUT2D eigenvalue weighted by molar-refractivity contribution is 5.77. The van der Waals surface area contributed by atoms with Crippen molar-refractivity contribution < 1.29 is 4.74 Å². The molecule has 0 aliphatic carbocycles. The number of rotatable bonds is 4. The summed E-state index contributed by atoms with van der Waals surface area (Å²) >= 11 is 0. The van der Waals surface area contributed by atoms with Gasteiger partial charge in [-0.15, -0.1) is 0 Å². The lowest BCUT2D eigenvalue weighted by atomic mass is 10.1. The number of aromatic nitrogens is 2. The van der Waals surface area contributed by atoms with Crippen LogP contribution in [-0.2, 0) is 11.3 Å². The first-order chi connectivity index (χ1) is 7.70. The van der Waals surface area contributed by atoms with Crippen LogP contribution in [0.25, 0.3) is 11.0 Å². The van der Waals surface area contributed by atoms with Gasteiger partial charge in [0.15, 0.2) is 0 Å². The molecular formula is C13H18N2O. The zero-order chi connectivity index (χ0) is 11.5. The molecule has 16 heavy (non-hydrogen) atoms. The minimum Gasteiger partial charge on any atom is -0.374 e. The summed E-state index contributed by atoms with van der Waals surface area (Å²) in [7, 11) is 0. The van der Waals surface area contributed by atoms with Crippen molar-refractivity contribution in [2.24, 2.45) is 0 Å². The second-order valence-corrected chi connectivity index (χ2v) is 4.19. The van der Waals surface area contributed by atoms with Crippen molar-refractivity contribution in [2.45, 2.75) is 33.8 Å². The molecule has 0 saturated heterocycles. The second kappa shape index (κ2) is 4.66. The lowest BCUT2D eigenvalue weighted by Crippen LogP contribution is -1.95. The monoisotopic (exact) mass is 218 g/mol. The van der Waals surface area contributed by atoms with E-state index in [4.69, 9.17) is 4.74 Å². The Bertz CT molecular complexity index is 449. The van der Waals surface area contributed by atoms with Crippen LogP contribution < -0.4 is 0 Å². The third-order valence-corrected chi connectivity index (χ3v) is 2.73. The standard InChI is InChI=1S/C13H18N2O/c1-4-5-16-8-13-14-11-6-9(2)10(3)7-12(11)15-13/h6-7H,4-5,8H2,1-3H3,(H,14,15). The average Bonchev–Trinajstić information content (AvgIpc) is 2.61. The summed E-state index contributed by atoms with van der Waals surface area (Å²) < 4.78 is 5.47. The van der Waals surface area contributed by atoms with Crippen molar-refractivity contribution in [3.63, 3.8) is 0 Å². The molecule has 1 N–H and O–H groups in total. The molecule has 2 rings (SSSR count). The molecule has 3 heteroatoms. The van der Waals surface area contributed by atoms with Crippen molar-refractivity contribution >= 4 is 11.0 Å². The largest absolute Gasteiger partial charge is 0.374 e. The van der Waals surface area contributed by atoms with E-state index in [1.165, 1.54) is 11.1 Å². The molecule has 0 aliphatic rings. The van der Waals surface area contributed by atoms with Gasteiger partial charge in [0, 0.05) is 6.61 Å². The van der Waals surface area contributed by atoms with Gasteiger partial charge in [0.05, 0.1) is 11.0 Å². The number of hydrogen-bond donors (Lipinski definition) is 1. The van der Waals surface area contributed by atoms with Crippen LogP contribution in [0, 0.1) is 13.8 Å². The molecule has 1 aromatic carbocycles. The first kappa shape index (κ1) is 11.1. The molecule has 86 valence electrons. The number of nitrogens with zero attached hydrogens (tertiary/aromatic N) is 1. The Balaban J connectivity index is 2.23. The molecule has 0 spiro atoms. The molecule has 1 heterocycles. The van der Waals surface area contributed by atoms with Crippen molar-refractivity contribution in [3.05, 3.63) is 29.1 Å². The van der Waals surface area contributed by atoms with Gasteiger partial charge in [-0.3, -0.25) is 0 Å². The normalized spacial score (nSPS) is 11.2. The van der Waals surface area contributed by atoms with Gasteiger partial charge in [-0.05, 0) is 43.5 Å². The van der Waals surface area contributed by atoms with E-state index in [0.29, 0.717) is 6.61 Å². The second-order valence-electron chi connectivity index (χ2n) is 4.19. The fourth-order valence-electron chi connectivity index (χ4n) is 1.70. The van der Waals surface area contributed by atoms with E-state index in [-0.39, 0.29) is 0 Å². The van der Waals surface area contributed by atoms with E-state index in [9.17, 15) is 0 Å². The summed E-state index contributed by atoms with van der Waals surface area (Å²) in [5.41, 5.74) is 4.69. The summed E-state index contributed by atoms with van der Waals surface area (Å²) in [6, 6.07) is 4.26. The third kappa shape index (κ3) is 2.25. The predicted octanol–water partition coefficient (Wildman–Crippen LogP) is 3.11. The molecule has 1 aromatic heterocycles. The van der Waals surface area contributed by atoms with Crippen molar-refractivity contribution in [1.29, 1.82) is 0 Å². The number of H-pyrrole nitrogens is 1. The van der Waals surface area contributed by atoms with Crippen LogP contribution in [0.2, 0.25) is 0 Å². The van der Waals surface area contributed by atoms with E-state index in [1.54, 1.807) is 0 Å². The van der Waals surface area contributed by atoms with E-state index >= 15 is 0 Å². The molecule has 0 fully saturated rings. The van der Waals surface area contributed by atoms with E-state index in [2.05, 4.69) is 42.9 Å². The van der Waals surface area contributed by atoms with E-state index in [1.807, 2.05) is 0 Å². The molecule has 0 amide bonds. The lowest BCUT2D eigenvalue weighted by Gasteiger charge is -1.97. The van der Waals surface area contributed by atoms with Crippen LogP contribution in [-0.4, -0.2) is 16.6 Å². The smallest absolute Gasteiger partial charge is 0.133 e. The summed E-state index contributed by atoms with van der Waals surface area (Å²) in [6.45, 7) is 7.68. The number of fused-ring (bicyclic) bond motifs is 1. The molecule has 0 atom stereocenters. The number of ether oxygens (including phenoxy) is 1. The topological polar surface area (TPSA) is 37.9 Å². The maximum atomic E-state index is 5.47. The molecule has 0 aliphatic heterocycles. The van der Waals surface area contributed by atoms with Crippen LogP contribution in [0.15, 0.2) is 12.1 Å². The van der Waals surface area contributed by atoms with Gasteiger partial charge in [0.2, 0.25) is 0 Å². The average molecular weight is 218 g/mol. The van der Waals surface area contributed by atoms with Crippen LogP contribution in [0.1, 0.15) is 30.3 Å². The van der Waals surface area contributed by atoms with Crippen LogP contribution in [0.3, 0.4) is 0 Å². The fraction of sp³-hybridized carbons (Fsp3) is 0.462. The summed E-state index contributed by atoms with van der Waals surface area (Å²) in [4.78, 5) is 7.79. The maximum absolute atomic E-state index is 5.47. The molecule has 3 nitrogen and oxygen atoms in total. The zero-order valence-electron chi connectivity index (χ0n) is 10.1. The number of aryl methyl sites for hydroxylation is 2. The molecule has 0 bridgehead atoms. The van der Waals surface area contributed by atoms with Crippen LogP contribution in [0.5, 0.6) is 0 Å². The Labute approximate surface area is 95.8 Å². The number of benzene rings is 1. The van der Waals surface area contributed by atoms with E-state index < -0.39 is 0 Å². The summed E-state index contributed by atoms with van der Waals surface area (Å²) in [6.07, 6.45) is 1.04. The third-order valence-electron chi connectivity index (χ3n) is 2.73. The Morgan fingerprint density at radius 1 is 1.25 bits per heavy atom. The number of nitrogens with one attached hydrogen (secondary N) is 1. The van der Waals surface area contributed by atoms with E-state index in [0.717, 1.165) is 29.9 Å². The Morgan fingerprint density at radius 3 is 2.75 bits per heavy atom. The fourth-order valence-corrected chi connectivity index (χ4v) is 1.70. The number of imidazole rings is 1. The number of hydrogen-bond acceptors (Lipinski definition) is 2. The van der Waals surface area contributed by atoms with Crippen molar-refractivity contribution in [3.8, 4) is 0 Å². The lowest BCUT2D eigenvalue weighted by molar-refractivity contribution is 0.117. The van der Waals surface area contributed by atoms with Gasteiger partial charge < -0.3 is 9.72 Å². The van der Waals surface area contributed by atoms with Crippen LogP contribution >= 0.6 is 0 Å². The Kier molecular flexibility index (Phi) is 3.25. The molecule has 0 radical (unpaired) electrons. The van der Waals surface area contributed by atoms with Crippen molar-refractivity contribution in [1.82, 2.24) is 9.97 Å². The quantitative estimate of drug-likeness (QED) is 0.801. The maximum Gasteiger partial charge on any atom is 0.133 e. The first-order valence-electron chi connectivity index (χ1n) is 5.74. The summed E-state index contributed by atoms with van der Waals surface area (Å²) in [5.74, 6) is 0.911. The number of aromatic amines is 1. The highest BCUT2D eigenvalue weighted by Crippen LogP contribution is 2.17. The van der Waals surface area contributed by atoms with Crippen LogP contribution in [0.4, 0.5) is 0 Å². The van der Waals surface area contributed by atoms with Gasteiger partial charge >= 0.3 is 0 Å². The molecule has 0 saturated carbocycles. The Hall–Kier alpha value is -1.35. The molecule has 0 unspecified atom stereocenters. The summed E-state index contributed by atoms with van der Waals surface area (Å²) in [5, 5.41) is 0. The highest BCUT2D eigenvalue weighted by atomic mass is 16.5. The van der Waals surface area contributed by atoms with Gasteiger partial charge in [-0.1, -0.05) is 6.92 Å². The minimum atomic E-state index is 0.570. The molecular weight excluding hydrogens is 200 g/mol. The zero-order valence-corrected chi connectivity index (χ0v) is 10.1. The molecule has 2 aromatic rings. The van der Waals surface area contributed by atoms with Gasteiger partial charge in [-0.2, -0.15) is 0 Å². The SMILES string of the molecule is CCCOCc1nc2cc(C)c(C)cc2[nH]1. The van der Waals surface area contributed by atoms with Gasteiger partial charge in [0.25, 0.3) is 0 Å². The first-order valence-corrected chi connectivity index (χ1v) is 5.74. The van der Waals surface area contributed by atoms with Gasteiger partial charge in [0.1, 0.15) is 12.4 Å². The van der Waals surface area contributed by atoms with Crippen molar-refractivity contribution in [2.75, 3.05) is 6.61 Å². The Morgan fingerprint density at radius 2 is 2.00 bits per heavy atom. The minimum absolute atomic E-state index is 0.570. The highest BCUT2D eigenvalue weighted by Gasteiger charge is 2.04.